The number of benzene rings is 1. The summed E-state index contributed by atoms with van der Waals surface area (Å²) in [6.07, 6.45) is 4.44. The zero-order valence-corrected chi connectivity index (χ0v) is 12.7. The van der Waals surface area contributed by atoms with Crippen molar-refractivity contribution < 1.29 is 14.6 Å². The molecule has 1 aliphatic carbocycles. The molecule has 1 heterocycles. The average molecular weight is 291 g/mol. The lowest BCUT2D eigenvalue weighted by Gasteiger charge is -2.26. The fourth-order valence-electron chi connectivity index (χ4n) is 3.08. The molecule has 0 amide bonds. The third kappa shape index (κ3) is 3.50. The molecule has 116 valence electrons. The minimum atomic E-state index is 0.256. The highest BCUT2D eigenvalue weighted by Gasteiger charge is 2.32. The Morgan fingerprint density at radius 1 is 1.24 bits per heavy atom. The SMILES string of the molecule is CCC(NC(CCO)C1CC1)c1ccc2c(c1)OCCO2. The molecular formula is C17H25NO3. The predicted molar refractivity (Wildman–Crippen MR) is 81.8 cm³/mol. The van der Waals surface area contributed by atoms with Gasteiger partial charge in [-0.25, -0.2) is 0 Å². The number of hydrogen-bond acceptors (Lipinski definition) is 4. The van der Waals surface area contributed by atoms with Crippen LogP contribution in [-0.4, -0.2) is 31.0 Å². The topological polar surface area (TPSA) is 50.7 Å². The van der Waals surface area contributed by atoms with Gasteiger partial charge in [-0.05, 0) is 49.3 Å². The molecule has 1 saturated carbocycles. The Bertz CT molecular complexity index is 473. The van der Waals surface area contributed by atoms with Gasteiger partial charge in [0.2, 0.25) is 0 Å². The summed E-state index contributed by atoms with van der Waals surface area (Å²) >= 11 is 0. The molecule has 0 saturated heterocycles. The number of ether oxygens (including phenoxy) is 2. The van der Waals surface area contributed by atoms with Gasteiger partial charge in [0.1, 0.15) is 13.2 Å². The van der Waals surface area contributed by atoms with Crippen LogP contribution in [0.1, 0.15) is 44.2 Å². The van der Waals surface area contributed by atoms with Gasteiger partial charge in [-0.1, -0.05) is 13.0 Å². The summed E-state index contributed by atoms with van der Waals surface area (Å²) in [6.45, 7) is 3.70. The quantitative estimate of drug-likeness (QED) is 0.811. The first-order valence-electron chi connectivity index (χ1n) is 8.08. The molecule has 2 unspecified atom stereocenters. The molecule has 1 aromatic carbocycles. The number of aliphatic hydroxyl groups is 1. The lowest BCUT2D eigenvalue weighted by molar-refractivity contribution is 0.171. The first kappa shape index (κ1) is 14.7. The lowest BCUT2D eigenvalue weighted by Crippen LogP contribution is -2.35. The van der Waals surface area contributed by atoms with E-state index in [1.807, 2.05) is 6.07 Å². The van der Waals surface area contributed by atoms with Crippen molar-refractivity contribution in [2.75, 3.05) is 19.8 Å². The Balaban J connectivity index is 1.72. The Kier molecular flexibility index (Phi) is 4.66. The summed E-state index contributed by atoms with van der Waals surface area (Å²) in [6, 6.07) is 6.95. The van der Waals surface area contributed by atoms with E-state index in [1.54, 1.807) is 0 Å². The predicted octanol–water partition coefficient (Wildman–Crippen LogP) is 2.66. The number of fused-ring (bicyclic) bond motifs is 1. The van der Waals surface area contributed by atoms with E-state index >= 15 is 0 Å². The van der Waals surface area contributed by atoms with Crippen molar-refractivity contribution in [1.82, 2.24) is 5.32 Å². The molecule has 21 heavy (non-hydrogen) atoms. The lowest BCUT2D eigenvalue weighted by atomic mass is 10.0. The highest BCUT2D eigenvalue weighted by Crippen LogP contribution is 2.37. The van der Waals surface area contributed by atoms with Crippen LogP contribution < -0.4 is 14.8 Å². The van der Waals surface area contributed by atoms with E-state index in [0.717, 1.165) is 30.3 Å². The molecule has 0 aromatic heterocycles. The second kappa shape index (κ2) is 6.67. The average Bonchev–Trinajstić information content (AvgIpc) is 3.36. The fourth-order valence-corrected chi connectivity index (χ4v) is 3.08. The number of rotatable bonds is 7. The van der Waals surface area contributed by atoms with Crippen LogP contribution in [0.4, 0.5) is 0 Å². The Labute approximate surface area is 126 Å². The Morgan fingerprint density at radius 3 is 2.67 bits per heavy atom. The van der Waals surface area contributed by atoms with E-state index in [2.05, 4.69) is 24.4 Å². The second-order valence-electron chi connectivity index (χ2n) is 5.99. The molecule has 1 aromatic rings. The van der Waals surface area contributed by atoms with Crippen molar-refractivity contribution in [3.63, 3.8) is 0 Å². The zero-order valence-electron chi connectivity index (χ0n) is 12.7. The van der Waals surface area contributed by atoms with Gasteiger partial charge in [-0.3, -0.25) is 0 Å². The van der Waals surface area contributed by atoms with Gasteiger partial charge in [-0.15, -0.1) is 0 Å². The first-order valence-corrected chi connectivity index (χ1v) is 8.08. The van der Waals surface area contributed by atoms with E-state index in [0.29, 0.717) is 25.3 Å². The smallest absolute Gasteiger partial charge is 0.161 e. The summed E-state index contributed by atoms with van der Waals surface area (Å²) < 4.78 is 11.3. The van der Waals surface area contributed by atoms with Crippen molar-refractivity contribution in [1.29, 1.82) is 0 Å². The first-order chi connectivity index (χ1) is 10.3. The molecule has 4 heteroatoms. The van der Waals surface area contributed by atoms with Gasteiger partial charge in [0, 0.05) is 18.7 Å². The van der Waals surface area contributed by atoms with Crippen LogP contribution in [0, 0.1) is 5.92 Å². The van der Waals surface area contributed by atoms with Gasteiger partial charge in [0.05, 0.1) is 0 Å². The summed E-state index contributed by atoms with van der Waals surface area (Å²) in [4.78, 5) is 0. The van der Waals surface area contributed by atoms with E-state index in [1.165, 1.54) is 18.4 Å². The van der Waals surface area contributed by atoms with Gasteiger partial charge < -0.3 is 19.9 Å². The molecule has 4 nitrogen and oxygen atoms in total. The summed E-state index contributed by atoms with van der Waals surface area (Å²) in [7, 11) is 0. The number of aliphatic hydroxyl groups excluding tert-OH is 1. The van der Waals surface area contributed by atoms with E-state index in [9.17, 15) is 5.11 Å². The van der Waals surface area contributed by atoms with E-state index < -0.39 is 0 Å². The largest absolute Gasteiger partial charge is 0.486 e. The summed E-state index contributed by atoms with van der Waals surface area (Å²) in [5.41, 5.74) is 1.24. The Morgan fingerprint density at radius 2 is 2.00 bits per heavy atom. The van der Waals surface area contributed by atoms with Crippen molar-refractivity contribution in [3.05, 3.63) is 23.8 Å². The van der Waals surface area contributed by atoms with Gasteiger partial charge in [0.25, 0.3) is 0 Å². The normalized spacial score (nSPS) is 20.1. The van der Waals surface area contributed by atoms with E-state index in [4.69, 9.17) is 9.47 Å². The van der Waals surface area contributed by atoms with Gasteiger partial charge in [-0.2, -0.15) is 0 Å². The van der Waals surface area contributed by atoms with Crippen molar-refractivity contribution in [2.24, 2.45) is 5.92 Å². The molecule has 1 aliphatic heterocycles. The zero-order chi connectivity index (χ0) is 14.7. The van der Waals surface area contributed by atoms with Crippen LogP contribution in [0.3, 0.4) is 0 Å². The third-order valence-electron chi connectivity index (χ3n) is 4.42. The van der Waals surface area contributed by atoms with E-state index in [-0.39, 0.29) is 6.61 Å². The highest BCUT2D eigenvalue weighted by molar-refractivity contribution is 5.44. The molecule has 0 bridgehead atoms. The van der Waals surface area contributed by atoms with Crippen LogP contribution in [0.25, 0.3) is 0 Å². The monoisotopic (exact) mass is 291 g/mol. The third-order valence-corrected chi connectivity index (χ3v) is 4.42. The van der Waals surface area contributed by atoms with Gasteiger partial charge >= 0.3 is 0 Å². The maximum absolute atomic E-state index is 9.25. The van der Waals surface area contributed by atoms with Crippen molar-refractivity contribution in [2.45, 2.75) is 44.7 Å². The molecule has 0 spiro atoms. The fraction of sp³-hybridized carbons (Fsp3) is 0.647. The maximum Gasteiger partial charge on any atom is 0.161 e. The van der Waals surface area contributed by atoms with Crippen LogP contribution >= 0.6 is 0 Å². The Hall–Kier alpha value is -1.26. The molecular weight excluding hydrogens is 266 g/mol. The minimum absolute atomic E-state index is 0.256. The van der Waals surface area contributed by atoms with Crippen LogP contribution in [-0.2, 0) is 0 Å². The number of hydrogen-bond donors (Lipinski definition) is 2. The molecule has 3 rings (SSSR count). The molecule has 0 radical (unpaired) electrons. The maximum atomic E-state index is 9.25. The van der Waals surface area contributed by atoms with Gasteiger partial charge in [0.15, 0.2) is 11.5 Å². The summed E-state index contributed by atoms with van der Waals surface area (Å²) in [5.74, 6) is 2.43. The standard InChI is InChI=1S/C17H25NO3/c1-2-14(18-15(7-8-19)12-3-4-12)13-5-6-16-17(11-13)21-10-9-20-16/h5-6,11-12,14-15,18-19H,2-4,7-10H2,1H3. The van der Waals surface area contributed by atoms with Crippen LogP contribution in [0.2, 0.25) is 0 Å². The van der Waals surface area contributed by atoms with Crippen molar-refractivity contribution in [3.8, 4) is 11.5 Å². The van der Waals surface area contributed by atoms with Crippen LogP contribution in [0.5, 0.6) is 11.5 Å². The molecule has 1 fully saturated rings. The minimum Gasteiger partial charge on any atom is -0.486 e. The molecule has 2 aliphatic rings. The molecule has 2 N–H and O–H groups in total. The van der Waals surface area contributed by atoms with Crippen LogP contribution in [0.15, 0.2) is 18.2 Å². The molecule has 2 atom stereocenters. The number of nitrogens with one attached hydrogen (secondary N) is 1. The highest BCUT2D eigenvalue weighted by atomic mass is 16.6. The van der Waals surface area contributed by atoms with Crippen molar-refractivity contribution >= 4 is 0 Å². The second-order valence-corrected chi connectivity index (χ2v) is 5.99. The summed E-state index contributed by atoms with van der Waals surface area (Å²) in [5, 5.41) is 13.0.